The van der Waals surface area contributed by atoms with E-state index in [9.17, 15) is 9.18 Å². The Morgan fingerprint density at radius 2 is 2.14 bits per heavy atom. The highest BCUT2D eigenvalue weighted by molar-refractivity contribution is 6.07. The van der Waals surface area contributed by atoms with Crippen molar-refractivity contribution in [3.8, 4) is 22.8 Å². The number of halogens is 1. The molecular formula is C28H32FN5O3. The van der Waals surface area contributed by atoms with Crippen molar-refractivity contribution in [2.24, 2.45) is 5.92 Å². The van der Waals surface area contributed by atoms with Gasteiger partial charge in [-0.25, -0.2) is 4.39 Å². The lowest BCUT2D eigenvalue weighted by Crippen LogP contribution is -2.35. The van der Waals surface area contributed by atoms with Gasteiger partial charge >= 0.3 is 0 Å². The van der Waals surface area contributed by atoms with Crippen LogP contribution >= 0.6 is 0 Å². The topological polar surface area (TPSA) is 91.5 Å². The molecule has 1 amide bonds. The van der Waals surface area contributed by atoms with Crippen LogP contribution in [0.2, 0.25) is 0 Å². The van der Waals surface area contributed by atoms with Gasteiger partial charge in [0.15, 0.2) is 11.6 Å². The number of carbonyl (C=O) groups is 1. The summed E-state index contributed by atoms with van der Waals surface area (Å²) >= 11 is 0. The monoisotopic (exact) mass is 505 g/mol. The number of rotatable bonds is 3. The largest absolute Gasteiger partial charge is 0.492 e. The molecule has 8 nitrogen and oxygen atoms in total. The zero-order valence-corrected chi connectivity index (χ0v) is 21.0. The Morgan fingerprint density at radius 1 is 1.22 bits per heavy atom. The molecule has 0 radical (unpaired) electrons. The van der Waals surface area contributed by atoms with Crippen LogP contribution in [0.3, 0.4) is 0 Å². The van der Waals surface area contributed by atoms with Crippen molar-refractivity contribution in [1.29, 1.82) is 0 Å². The molecule has 3 aliphatic heterocycles. The summed E-state index contributed by atoms with van der Waals surface area (Å²) in [4.78, 5) is 23.7. The van der Waals surface area contributed by atoms with Gasteiger partial charge in [-0.1, -0.05) is 12.5 Å². The van der Waals surface area contributed by atoms with E-state index in [0.717, 1.165) is 62.3 Å². The Hall–Kier alpha value is -3.59. The number of carbonyl (C=O) groups excluding carboxylic acids is 1. The first-order valence-electron chi connectivity index (χ1n) is 13.1. The minimum absolute atomic E-state index is 0.0929. The van der Waals surface area contributed by atoms with E-state index in [1.54, 1.807) is 24.5 Å². The van der Waals surface area contributed by atoms with Crippen molar-refractivity contribution in [3.05, 3.63) is 53.7 Å². The van der Waals surface area contributed by atoms with E-state index in [0.29, 0.717) is 41.8 Å². The molecule has 3 aromatic rings. The number of fused-ring (bicyclic) bond motifs is 5. The standard InChI is InChI=1S/C28H32FN5O3/c1-36-27-20(29)6-4-7-21(27)32-26-23-24-18(13-31-28(23)35)5-2-3-11-34-12-9-17(15-34)16-37-22-14-30-10-8-19(22)25(26)33-24/h4,6-8,10,14,17-18,32-33H,2-3,5,9,11-13,15-16H2,1H3,(H,31,35)/t17-,18+/m0/s1. The summed E-state index contributed by atoms with van der Waals surface area (Å²) in [5, 5.41) is 6.42. The van der Waals surface area contributed by atoms with E-state index in [2.05, 4.69) is 25.5 Å². The number of aromatic amines is 1. The number of amides is 1. The number of H-pyrrole nitrogens is 1. The van der Waals surface area contributed by atoms with Gasteiger partial charge in [0.25, 0.3) is 5.91 Å². The van der Waals surface area contributed by atoms with E-state index >= 15 is 0 Å². The van der Waals surface area contributed by atoms with Crippen LogP contribution in [0.5, 0.6) is 11.5 Å². The zero-order chi connectivity index (χ0) is 25.4. The van der Waals surface area contributed by atoms with Crippen molar-refractivity contribution in [1.82, 2.24) is 20.2 Å². The summed E-state index contributed by atoms with van der Waals surface area (Å²) in [5.74, 6) is 0.733. The number of anilines is 2. The molecule has 3 atom stereocenters. The highest BCUT2D eigenvalue weighted by Crippen LogP contribution is 2.44. The third-order valence-corrected chi connectivity index (χ3v) is 7.78. The second kappa shape index (κ2) is 10.0. The van der Waals surface area contributed by atoms with Gasteiger partial charge in [-0.05, 0) is 50.6 Å². The lowest BCUT2D eigenvalue weighted by atomic mass is 9.91. The van der Waals surface area contributed by atoms with Crippen molar-refractivity contribution >= 4 is 17.3 Å². The molecule has 3 N–H and O–H groups in total. The number of methoxy groups -OCH3 is 1. The summed E-state index contributed by atoms with van der Waals surface area (Å²) in [5.41, 5.74) is 4.00. The number of nitrogens with one attached hydrogen (secondary N) is 3. The minimum atomic E-state index is -0.478. The van der Waals surface area contributed by atoms with Crippen LogP contribution in [0.1, 0.15) is 47.7 Å². The van der Waals surface area contributed by atoms with Gasteiger partial charge in [-0.2, -0.15) is 0 Å². The summed E-state index contributed by atoms with van der Waals surface area (Å²) in [6.07, 6.45) is 7.73. The molecular weight excluding hydrogens is 473 g/mol. The van der Waals surface area contributed by atoms with Gasteiger partial charge in [0.2, 0.25) is 0 Å². The smallest absolute Gasteiger partial charge is 0.255 e. The molecule has 3 aliphatic rings. The van der Waals surface area contributed by atoms with Crippen LogP contribution in [0.25, 0.3) is 11.3 Å². The quantitative estimate of drug-likeness (QED) is 0.479. The molecule has 0 aliphatic carbocycles. The lowest BCUT2D eigenvalue weighted by molar-refractivity contribution is 0.0939. The number of aromatic nitrogens is 2. The minimum Gasteiger partial charge on any atom is -0.492 e. The third-order valence-electron chi connectivity index (χ3n) is 7.78. The highest BCUT2D eigenvalue weighted by atomic mass is 19.1. The number of nitrogens with zero attached hydrogens (tertiary/aromatic N) is 2. The van der Waals surface area contributed by atoms with Gasteiger partial charge in [0.1, 0.15) is 5.75 Å². The predicted octanol–water partition coefficient (Wildman–Crippen LogP) is 4.68. The van der Waals surface area contributed by atoms with Crippen LogP contribution in [0.15, 0.2) is 36.7 Å². The predicted molar refractivity (Wildman–Crippen MR) is 139 cm³/mol. The van der Waals surface area contributed by atoms with Gasteiger partial charge in [0.05, 0.1) is 42.5 Å². The van der Waals surface area contributed by atoms with Crippen LogP contribution in [0, 0.1) is 11.7 Å². The number of pyridine rings is 1. The molecule has 1 fully saturated rings. The van der Waals surface area contributed by atoms with Gasteiger partial charge in [-0.3, -0.25) is 9.78 Å². The summed E-state index contributed by atoms with van der Waals surface area (Å²) in [7, 11) is 1.43. The second-order valence-corrected chi connectivity index (χ2v) is 10.2. The van der Waals surface area contributed by atoms with E-state index in [1.807, 2.05) is 6.07 Å². The fraction of sp³-hybridized carbons (Fsp3) is 0.429. The summed E-state index contributed by atoms with van der Waals surface area (Å²) in [6.45, 7) is 4.44. The molecule has 2 aromatic heterocycles. The molecule has 194 valence electrons. The number of hydrogen-bond acceptors (Lipinski definition) is 6. The van der Waals surface area contributed by atoms with E-state index in [4.69, 9.17) is 9.47 Å². The molecule has 1 saturated heterocycles. The third kappa shape index (κ3) is 4.52. The molecule has 9 heteroatoms. The number of hydrogen-bond donors (Lipinski definition) is 3. The Balaban J connectivity index is 1.49. The molecule has 1 aromatic carbocycles. The zero-order valence-electron chi connectivity index (χ0n) is 21.0. The first kappa shape index (κ1) is 23.8. The van der Waals surface area contributed by atoms with Gasteiger partial charge in [-0.15, -0.1) is 0 Å². The highest BCUT2D eigenvalue weighted by Gasteiger charge is 2.34. The maximum atomic E-state index is 14.6. The number of para-hydroxylation sites is 1. The maximum absolute atomic E-state index is 14.6. The molecule has 6 rings (SSSR count). The first-order valence-corrected chi connectivity index (χ1v) is 13.1. The average Bonchev–Trinajstić information content (AvgIpc) is 3.52. The molecule has 5 heterocycles. The maximum Gasteiger partial charge on any atom is 0.255 e. The molecule has 1 unspecified atom stereocenters. The number of ether oxygens (including phenoxy) is 2. The van der Waals surface area contributed by atoms with Crippen molar-refractivity contribution in [2.45, 2.75) is 31.6 Å². The van der Waals surface area contributed by atoms with Gasteiger partial charge < -0.3 is 30.0 Å². The normalized spacial score (nSPS) is 23.2. The lowest BCUT2D eigenvalue weighted by Gasteiger charge is -2.24. The summed E-state index contributed by atoms with van der Waals surface area (Å²) in [6, 6.07) is 6.60. The van der Waals surface area contributed by atoms with Gasteiger partial charge in [0, 0.05) is 42.4 Å². The van der Waals surface area contributed by atoms with Crippen LogP contribution in [-0.4, -0.2) is 60.7 Å². The Kier molecular flexibility index (Phi) is 6.46. The molecule has 0 spiro atoms. The molecule has 4 bridgehead atoms. The van der Waals surface area contributed by atoms with E-state index < -0.39 is 5.82 Å². The van der Waals surface area contributed by atoms with Crippen molar-refractivity contribution < 1.29 is 18.7 Å². The first-order chi connectivity index (χ1) is 18.1. The fourth-order valence-electron chi connectivity index (χ4n) is 5.88. The SMILES string of the molecule is COc1c(F)cccc1Nc1c2[nH]c3c1C(=O)NC[C@H]3CCCCN1CC[C@H](COc3cnccc3-2)C1. The van der Waals surface area contributed by atoms with Crippen molar-refractivity contribution in [2.75, 3.05) is 45.2 Å². The van der Waals surface area contributed by atoms with E-state index in [1.165, 1.54) is 13.2 Å². The second-order valence-electron chi connectivity index (χ2n) is 10.2. The molecule has 37 heavy (non-hydrogen) atoms. The van der Waals surface area contributed by atoms with Crippen LogP contribution < -0.4 is 20.1 Å². The number of benzene rings is 1. The van der Waals surface area contributed by atoms with Crippen LogP contribution in [-0.2, 0) is 0 Å². The Labute approximate surface area is 215 Å². The van der Waals surface area contributed by atoms with Crippen molar-refractivity contribution in [3.63, 3.8) is 0 Å². The summed E-state index contributed by atoms with van der Waals surface area (Å²) < 4.78 is 26.3. The fourth-order valence-corrected chi connectivity index (χ4v) is 5.88. The van der Waals surface area contributed by atoms with Crippen LogP contribution in [0.4, 0.5) is 15.8 Å². The molecule has 0 saturated carbocycles. The Morgan fingerprint density at radius 3 is 3.03 bits per heavy atom. The average molecular weight is 506 g/mol. The Bertz CT molecular complexity index is 1310. The van der Waals surface area contributed by atoms with E-state index in [-0.39, 0.29) is 17.6 Å².